The first-order chi connectivity index (χ1) is 8.86. The van der Waals surface area contributed by atoms with Gasteiger partial charge in [-0.05, 0) is 37.8 Å². The van der Waals surface area contributed by atoms with Crippen molar-refractivity contribution in [1.29, 1.82) is 0 Å². The Balaban J connectivity index is 2.14. The second-order valence-corrected chi connectivity index (χ2v) is 5.17. The summed E-state index contributed by atoms with van der Waals surface area (Å²) < 4.78 is 0. The zero-order valence-corrected chi connectivity index (χ0v) is 12.1. The molecular formula is C17H29N. The Morgan fingerprint density at radius 3 is 2.39 bits per heavy atom. The highest BCUT2D eigenvalue weighted by atomic mass is 14.9. The highest BCUT2D eigenvalue weighted by Gasteiger charge is 2.05. The predicted octanol–water partition coefficient (Wildman–Crippen LogP) is 4.57. The molecule has 0 amide bonds. The molecule has 1 nitrogen and oxygen atoms in total. The summed E-state index contributed by atoms with van der Waals surface area (Å²) in [7, 11) is 0. The molecule has 0 fully saturated rings. The van der Waals surface area contributed by atoms with Crippen molar-refractivity contribution in [2.75, 3.05) is 6.54 Å². The van der Waals surface area contributed by atoms with E-state index in [1.807, 2.05) is 0 Å². The van der Waals surface area contributed by atoms with Crippen molar-refractivity contribution in [2.45, 2.75) is 64.8 Å². The number of hydrogen-bond donors (Lipinski definition) is 1. The second-order valence-electron chi connectivity index (χ2n) is 5.17. The van der Waals surface area contributed by atoms with Crippen molar-refractivity contribution >= 4 is 0 Å². The Bertz CT molecular complexity index is 281. The Kier molecular flexibility index (Phi) is 8.58. The number of unbranched alkanes of at least 4 members (excludes halogenated alkanes) is 1. The summed E-state index contributed by atoms with van der Waals surface area (Å²) in [4.78, 5) is 0. The van der Waals surface area contributed by atoms with Crippen LogP contribution in [0.4, 0.5) is 0 Å². The van der Waals surface area contributed by atoms with Crippen LogP contribution < -0.4 is 5.32 Å². The number of rotatable bonds is 10. The van der Waals surface area contributed by atoms with Crippen LogP contribution in [0.25, 0.3) is 0 Å². The van der Waals surface area contributed by atoms with E-state index in [9.17, 15) is 0 Å². The van der Waals surface area contributed by atoms with Crippen LogP contribution in [0, 0.1) is 0 Å². The van der Waals surface area contributed by atoms with Crippen molar-refractivity contribution in [3.8, 4) is 0 Å². The molecule has 0 aliphatic heterocycles. The van der Waals surface area contributed by atoms with Gasteiger partial charge in [-0.2, -0.15) is 0 Å². The maximum Gasteiger partial charge on any atom is 0.00669 e. The topological polar surface area (TPSA) is 12.0 Å². The third kappa shape index (κ3) is 6.80. The third-order valence-corrected chi connectivity index (χ3v) is 3.46. The molecule has 1 atom stereocenters. The van der Waals surface area contributed by atoms with Crippen LogP contribution in [0.2, 0.25) is 0 Å². The van der Waals surface area contributed by atoms with E-state index in [0.717, 1.165) is 12.6 Å². The van der Waals surface area contributed by atoms with Gasteiger partial charge in [0.1, 0.15) is 0 Å². The molecule has 1 N–H and O–H groups in total. The van der Waals surface area contributed by atoms with Crippen LogP contribution in [-0.2, 0) is 6.42 Å². The molecule has 1 aromatic carbocycles. The van der Waals surface area contributed by atoms with E-state index in [0.29, 0.717) is 0 Å². The molecule has 0 radical (unpaired) electrons. The van der Waals surface area contributed by atoms with Gasteiger partial charge in [0.25, 0.3) is 0 Å². The average Bonchev–Trinajstić information content (AvgIpc) is 2.42. The van der Waals surface area contributed by atoms with Gasteiger partial charge in [-0.3, -0.25) is 0 Å². The largest absolute Gasteiger partial charge is 0.314 e. The van der Waals surface area contributed by atoms with Crippen LogP contribution >= 0.6 is 0 Å². The van der Waals surface area contributed by atoms with Crippen LogP contribution in [0.3, 0.4) is 0 Å². The van der Waals surface area contributed by atoms with E-state index >= 15 is 0 Å². The van der Waals surface area contributed by atoms with E-state index in [2.05, 4.69) is 49.5 Å². The molecule has 1 unspecified atom stereocenters. The van der Waals surface area contributed by atoms with Crippen LogP contribution in [0.1, 0.15) is 57.9 Å². The standard InChI is InChI=1S/C17H29N/c1-3-5-14-17(10-4-2)18-15-9-13-16-11-7-6-8-12-16/h6-8,11-12,17-18H,3-5,9-10,13-15H2,1-2H3. The smallest absolute Gasteiger partial charge is 0.00669 e. The fraction of sp³-hybridized carbons (Fsp3) is 0.647. The lowest BCUT2D eigenvalue weighted by Crippen LogP contribution is -2.30. The van der Waals surface area contributed by atoms with Gasteiger partial charge < -0.3 is 5.32 Å². The Morgan fingerprint density at radius 1 is 0.944 bits per heavy atom. The van der Waals surface area contributed by atoms with Crippen molar-refractivity contribution in [3.63, 3.8) is 0 Å². The summed E-state index contributed by atoms with van der Waals surface area (Å²) in [6.07, 6.45) is 9.07. The first kappa shape index (κ1) is 15.2. The van der Waals surface area contributed by atoms with Crippen molar-refractivity contribution in [2.24, 2.45) is 0 Å². The molecule has 0 spiro atoms. The predicted molar refractivity (Wildman–Crippen MR) is 81.0 cm³/mol. The number of aryl methyl sites for hydroxylation is 1. The molecule has 0 heterocycles. The molecule has 0 saturated heterocycles. The van der Waals surface area contributed by atoms with E-state index in [-0.39, 0.29) is 0 Å². The van der Waals surface area contributed by atoms with Gasteiger partial charge in [0.2, 0.25) is 0 Å². The van der Waals surface area contributed by atoms with Gasteiger partial charge in [-0.25, -0.2) is 0 Å². The Hall–Kier alpha value is -0.820. The first-order valence-corrected chi connectivity index (χ1v) is 7.64. The van der Waals surface area contributed by atoms with E-state index < -0.39 is 0 Å². The number of hydrogen-bond acceptors (Lipinski definition) is 1. The molecule has 18 heavy (non-hydrogen) atoms. The third-order valence-electron chi connectivity index (χ3n) is 3.46. The van der Waals surface area contributed by atoms with Crippen LogP contribution in [-0.4, -0.2) is 12.6 Å². The lowest BCUT2D eigenvalue weighted by molar-refractivity contribution is 0.432. The molecule has 0 bridgehead atoms. The average molecular weight is 247 g/mol. The first-order valence-electron chi connectivity index (χ1n) is 7.64. The van der Waals surface area contributed by atoms with E-state index in [1.54, 1.807) is 0 Å². The fourth-order valence-corrected chi connectivity index (χ4v) is 2.39. The van der Waals surface area contributed by atoms with E-state index in [1.165, 1.54) is 50.5 Å². The summed E-state index contributed by atoms with van der Waals surface area (Å²) in [5.41, 5.74) is 1.46. The molecule has 1 aromatic rings. The molecule has 0 aliphatic rings. The monoisotopic (exact) mass is 247 g/mol. The van der Waals surface area contributed by atoms with Crippen molar-refractivity contribution in [1.82, 2.24) is 5.32 Å². The maximum atomic E-state index is 3.73. The minimum Gasteiger partial charge on any atom is -0.314 e. The summed E-state index contributed by atoms with van der Waals surface area (Å²) in [6, 6.07) is 11.5. The lowest BCUT2D eigenvalue weighted by atomic mass is 10.0. The Labute approximate surface area is 113 Å². The Morgan fingerprint density at radius 2 is 1.72 bits per heavy atom. The maximum absolute atomic E-state index is 3.73. The minimum atomic E-state index is 0.741. The molecule has 1 rings (SSSR count). The summed E-state index contributed by atoms with van der Waals surface area (Å²) in [5.74, 6) is 0. The van der Waals surface area contributed by atoms with E-state index in [4.69, 9.17) is 0 Å². The van der Waals surface area contributed by atoms with Crippen LogP contribution in [0.15, 0.2) is 30.3 Å². The number of benzene rings is 1. The molecular weight excluding hydrogens is 218 g/mol. The fourth-order valence-electron chi connectivity index (χ4n) is 2.39. The summed E-state index contributed by atoms with van der Waals surface area (Å²) in [5, 5.41) is 3.73. The van der Waals surface area contributed by atoms with Crippen molar-refractivity contribution < 1.29 is 0 Å². The van der Waals surface area contributed by atoms with Gasteiger partial charge in [0.15, 0.2) is 0 Å². The van der Waals surface area contributed by atoms with Gasteiger partial charge in [-0.15, -0.1) is 0 Å². The highest BCUT2D eigenvalue weighted by Crippen LogP contribution is 2.07. The molecule has 1 heteroatoms. The van der Waals surface area contributed by atoms with Crippen molar-refractivity contribution in [3.05, 3.63) is 35.9 Å². The lowest BCUT2D eigenvalue weighted by Gasteiger charge is -2.17. The van der Waals surface area contributed by atoms with Gasteiger partial charge >= 0.3 is 0 Å². The zero-order chi connectivity index (χ0) is 13.1. The van der Waals surface area contributed by atoms with Crippen LogP contribution in [0.5, 0.6) is 0 Å². The minimum absolute atomic E-state index is 0.741. The van der Waals surface area contributed by atoms with Gasteiger partial charge in [0, 0.05) is 6.04 Å². The SMILES string of the molecule is CCCCC(CCC)NCCCc1ccccc1. The molecule has 0 saturated carbocycles. The van der Waals surface area contributed by atoms with Gasteiger partial charge in [-0.1, -0.05) is 63.4 Å². The number of nitrogens with one attached hydrogen (secondary N) is 1. The molecule has 102 valence electrons. The normalized spacial score (nSPS) is 12.6. The molecule has 0 aromatic heterocycles. The summed E-state index contributed by atoms with van der Waals surface area (Å²) in [6.45, 7) is 5.71. The summed E-state index contributed by atoms with van der Waals surface area (Å²) >= 11 is 0. The second kappa shape index (κ2) is 10.1. The quantitative estimate of drug-likeness (QED) is 0.597. The van der Waals surface area contributed by atoms with Gasteiger partial charge in [0.05, 0.1) is 0 Å². The molecule has 0 aliphatic carbocycles. The highest BCUT2D eigenvalue weighted by molar-refractivity contribution is 5.14. The zero-order valence-electron chi connectivity index (χ0n) is 12.1.